The van der Waals surface area contributed by atoms with E-state index in [2.05, 4.69) is 30.2 Å². The molecular weight excluding hydrogens is 250 g/mol. The number of aromatic nitrogens is 2. The number of nitrogens with two attached hydrogens (primary N) is 1. The zero-order chi connectivity index (χ0) is 14.5. The molecule has 4 nitrogen and oxygen atoms in total. The molecule has 1 aromatic heterocycles. The molecule has 2 rings (SSSR count). The molecule has 2 unspecified atom stereocenters. The van der Waals surface area contributed by atoms with E-state index >= 15 is 0 Å². The molecule has 0 saturated heterocycles. The Kier molecular flexibility index (Phi) is 4.93. The van der Waals surface area contributed by atoms with Gasteiger partial charge in [-0.25, -0.2) is 0 Å². The molecule has 0 saturated carbocycles. The van der Waals surface area contributed by atoms with Crippen LogP contribution in [0.2, 0.25) is 0 Å². The number of rotatable bonds is 6. The number of hydrogen-bond donors (Lipinski definition) is 1. The summed E-state index contributed by atoms with van der Waals surface area (Å²) < 4.78 is 7.50. The van der Waals surface area contributed by atoms with Crippen molar-refractivity contribution >= 4 is 0 Å². The number of aryl methyl sites for hydroxylation is 2. The van der Waals surface area contributed by atoms with Gasteiger partial charge in [0.05, 0.1) is 11.8 Å². The van der Waals surface area contributed by atoms with Crippen molar-refractivity contribution in [3.05, 3.63) is 53.3 Å². The Bertz CT molecular complexity index is 536. The lowest BCUT2D eigenvalue weighted by Crippen LogP contribution is -2.32. The Labute approximate surface area is 120 Å². The molecule has 1 aromatic carbocycles. The van der Waals surface area contributed by atoms with Gasteiger partial charge in [-0.3, -0.25) is 4.68 Å². The maximum Gasteiger partial charge on any atom is 0.0975 e. The molecule has 4 heteroatoms. The first kappa shape index (κ1) is 14.8. The third kappa shape index (κ3) is 3.26. The van der Waals surface area contributed by atoms with Gasteiger partial charge >= 0.3 is 0 Å². The van der Waals surface area contributed by atoms with Gasteiger partial charge in [-0.15, -0.1) is 0 Å². The normalized spacial score (nSPS) is 14.2. The summed E-state index contributed by atoms with van der Waals surface area (Å²) in [6, 6.07) is 12.1. The summed E-state index contributed by atoms with van der Waals surface area (Å²) in [6.45, 7) is 2.11. The first-order chi connectivity index (χ1) is 9.65. The lowest BCUT2D eigenvalue weighted by molar-refractivity contribution is 0.0797. The zero-order valence-corrected chi connectivity index (χ0v) is 12.4. The molecule has 0 fully saturated rings. The van der Waals surface area contributed by atoms with Gasteiger partial charge in [0.15, 0.2) is 0 Å². The number of nitrogens with zero attached hydrogens (tertiary/aromatic N) is 2. The Morgan fingerprint density at radius 2 is 2.00 bits per heavy atom. The van der Waals surface area contributed by atoms with Crippen molar-refractivity contribution in [2.45, 2.75) is 31.9 Å². The van der Waals surface area contributed by atoms with Gasteiger partial charge in [-0.05, 0) is 18.1 Å². The van der Waals surface area contributed by atoms with Crippen molar-refractivity contribution in [3.8, 4) is 0 Å². The summed E-state index contributed by atoms with van der Waals surface area (Å²) in [5, 5.41) is 4.46. The highest BCUT2D eigenvalue weighted by atomic mass is 16.5. The molecule has 1 heterocycles. The van der Waals surface area contributed by atoms with Crippen molar-refractivity contribution in [2.24, 2.45) is 12.8 Å². The van der Waals surface area contributed by atoms with Gasteiger partial charge in [0, 0.05) is 32.3 Å². The van der Waals surface area contributed by atoms with Crippen LogP contribution in [0.1, 0.15) is 30.0 Å². The topological polar surface area (TPSA) is 53.1 Å². The molecular formula is C16H23N3O. The molecule has 0 aliphatic rings. The second-order valence-corrected chi connectivity index (χ2v) is 5.04. The SMILES string of the molecule is CCc1cc(CC(N)C(OC)c2ccccc2)n(C)n1. The molecule has 20 heavy (non-hydrogen) atoms. The van der Waals surface area contributed by atoms with Gasteiger partial charge < -0.3 is 10.5 Å². The van der Waals surface area contributed by atoms with Crippen LogP contribution in [0.25, 0.3) is 0 Å². The molecule has 0 spiro atoms. The third-order valence-corrected chi connectivity index (χ3v) is 3.61. The van der Waals surface area contributed by atoms with E-state index in [1.807, 2.05) is 29.9 Å². The Morgan fingerprint density at radius 1 is 1.30 bits per heavy atom. The van der Waals surface area contributed by atoms with E-state index in [-0.39, 0.29) is 12.1 Å². The summed E-state index contributed by atoms with van der Waals surface area (Å²) in [7, 11) is 3.67. The number of ether oxygens (including phenoxy) is 1. The van der Waals surface area contributed by atoms with E-state index in [1.165, 1.54) is 0 Å². The minimum Gasteiger partial charge on any atom is -0.375 e. The zero-order valence-electron chi connectivity index (χ0n) is 12.4. The predicted octanol–water partition coefficient (Wildman–Crippen LogP) is 2.24. The number of benzene rings is 1. The summed E-state index contributed by atoms with van der Waals surface area (Å²) in [5.74, 6) is 0. The lowest BCUT2D eigenvalue weighted by Gasteiger charge is -2.23. The molecule has 108 valence electrons. The minimum absolute atomic E-state index is 0.0949. The van der Waals surface area contributed by atoms with Crippen molar-refractivity contribution in [3.63, 3.8) is 0 Å². The van der Waals surface area contributed by atoms with Crippen LogP contribution >= 0.6 is 0 Å². The Hall–Kier alpha value is -1.65. The highest BCUT2D eigenvalue weighted by Crippen LogP contribution is 2.21. The van der Waals surface area contributed by atoms with Crippen molar-refractivity contribution in [1.82, 2.24) is 9.78 Å². The fourth-order valence-corrected chi connectivity index (χ4v) is 2.48. The monoisotopic (exact) mass is 273 g/mol. The summed E-state index contributed by atoms with van der Waals surface area (Å²) in [4.78, 5) is 0. The van der Waals surface area contributed by atoms with Gasteiger partial charge in [-0.2, -0.15) is 5.10 Å². The van der Waals surface area contributed by atoms with Crippen LogP contribution in [-0.4, -0.2) is 22.9 Å². The van der Waals surface area contributed by atoms with Crippen LogP contribution in [0.4, 0.5) is 0 Å². The van der Waals surface area contributed by atoms with Crippen LogP contribution in [0.15, 0.2) is 36.4 Å². The van der Waals surface area contributed by atoms with Gasteiger partial charge in [0.1, 0.15) is 0 Å². The van der Waals surface area contributed by atoms with Crippen molar-refractivity contribution in [1.29, 1.82) is 0 Å². The fourth-order valence-electron chi connectivity index (χ4n) is 2.48. The van der Waals surface area contributed by atoms with Gasteiger partial charge in [0.2, 0.25) is 0 Å². The largest absolute Gasteiger partial charge is 0.375 e. The summed E-state index contributed by atoms with van der Waals surface area (Å²) in [6.07, 6.45) is 1.59. The number of hydrogen-bond acceptors (Lipinski definition) is 3. The number of methoxy groups -OCH3 is 1. The van der Waals surface area contributed by atoms with Gasteiger partial charge in [0.25, 0.3) is 0 Å². The van der Waals surface area contributed by atoms with E-state index in [4.69, 9.17) is 10.5 Å². The average Bonchev–Trinajstić information content (AvgIpc) is 2.81. The predicted molar refractivity (Wildman–Crippen MR) is 80.5 cm³/mol. The van der Waals surface area contributed by atoms with Crippen LogP contribution in [0.3, 0.4) is 0 Å². The fraction of sp³-hybridized carbons (Fsp3) is 0.438. The molecule has 0 amide bonds. The Morgan fingerprint density at radius 3 is 2.55 bits per heavy atom. The lowest BCUT2D eigenvalue weighted by atomic mass is 9.99. The highest BCUT2D eigenvalue weighted by Gasteiger charge is 2.21. The second kappa shape index (κ2) is 6.68. The Balaban J connectivity index is 2.13. The summed E-state index contributed by atoms with van der Waals surface area (Å²) in [5.41, 5.74) is 9.70. The van der Waals surface area contributed by atoms with Crippen LogP contribution in [-0.2, 0) is 24.6 Å². The smallest absolute Gasteiger partial charge is 0.0975 e. The molecule has 2 aromatic rings. The maximum absolute atomic E-state index is 6.35. The van der Waals surface area contributed by atoms with E-state index in [1.54, 1.807) is 7.11 Å². The molecule has 0 bridgehead atoms. The third-order valence-electron chi connectivity index (χ3n) is 3.61. The van der Waals surface area contributed by atoms with E-state index in [0.717, 1.165) is 29.8 Å². The van der Waals surface area contributed by atoms with Crippen LogP contribution in [0, 0.1) is 0 Å². The van der Waals surface area contributed by atoms with E-state index < -0.39 is 0 Å². The molecule has 2 atom stereocenters. The molecule has 0 radical (unpaired) electrons. The van der Waals surface area contributed by atoms with Crippen molar-refractivity contribution in [2.75, 3.05) is 7.11 Å². The first-order valence-electron chi connectivity index (χ1n) is 7.00. The molecule has 0 aliphatic heterocycles. The van der Waals surface area contributed by atoms with Crippen LogP contribution < -0.4 is 5.73 Å². The standard InChI is InChI=1S/C16H23N3O/c1-4-13-10-14(19(2)18-13)11-15(17)16(20-3)12-8-6-5-7-9-12/h5-10,15-16H,4,11,17H2,1-3H3. The van der Waals surface area contributed by atoms with Crippen LogP contribution in [0.5, 0.6) is 0 Å². The van der Waals surface area contributed by atoms with Crippen molar-refractivity contribution < 1.29 is 4.74 Å². The first-order valence-corrected chi connectivity index (χ1v) is 7.00. The molecule has 0 aliphatic carbocycles. The average molecular weight is 273 g/mol. The van der Waals surface area contributed by atoms with Gasteiger partial charge in [-0.1, -0.05) is 37.3 Å². The molecule has 2 N–H and O–H groups in total. The van der Waals surface area contributed by atoms with E-state index in [0.29, 0.717) is 0 Å². The second-order valence-electron chi connectivity index (χ2n) is 5.04. The van der Waals surface area contributed by atoms with E-state index in [9.17, 15) is 0 Å². The highest BCUT2D eigenvalue weighted by molar-refractivity contribution is 5.20. The maximum atomic E-state index is 6.35. The summed E-state index contributed by atoms with van der Waals surface area (Å²) >= 11 is 0. The quantitative estimate of drug-likeness (QED) is 0.878. The minimum atomic E-state index is -0.101.